The predicted molar refractivity (Wildman–Crippen MR) is 145 cm³/mol. The molecule has 4 aliphatic carbocycles. The zero-order chi connectivity index (χ0) is 26.5. The zero-order valence-electron chi connectivity index (χ0n) is 23.3. The fourth-order valence-corrected chi connectivity index (χ4v) is 9.72. The topological polar surface area (TPSA) is 79.3 Å². The van der Waals surface area contributed by atoms with Crippen LogP contribution in [0.4, 0.5) is 4.79 Å². The average Bonchev–Trinajstić information content (AvgIpc) is 3.49. The van der Waals surface area contributed by atoms with Gasteiger partial charge in [-0.15, -0.1) is 0 Å². The summed E-state index contributed by atoms with van der Waals surface area (Å²) in [6, 6.07) is 0.155. The van der Waals surface area contributed by atoms with Crippen LogP contribution in [0.1, 0.15) is 71.6 Å². The van der Waals surface area contributed by atoms with Gasteiger partial charge in [-0.25, -0.2) is 9.59 Å². The Balaban J connectivity index is 1.11. The van der Waals surface area contributed by atoms with Gasteiger partial charge in [0, 0.05) is 38.3 Å². The zero-order valence-corrected chi connectivity index (χ0v) is 23.3. The minimum atomic E-state index is -0.742. The van der Waals surface area contributed by atoms with Crippen molar-refractivity contribution in [3.8, 4) is 0 Å². The Morgan fingerprint density at radius 1 is 1.16 bits per heavy atom. The number of allylic oxidation sites excluding steroid dienone is 2. The number of amides is 1. The van der Waals surface area contributed by atoms with Crippen LogP contribution in [0.3, 0.4) is 0 Å². The van der Waals surface area contributed by atoms with Crippen LogP contribution in [-0.4, -0.2) is 79.0 Å². The Morgan fingerprint density at radius 3 is 2.71 bits per heavy atom. The smallest absolute Gasteiger partial charge is 0.407 e. The summed E-state index contributed by atoms with van der Waals surface area (Å²) in [6.07, 6.45) is 13.5. The maximum atomic E-state index is 12.3. The van der Waals surface area contributed by atoms with E-state index in [4.69, 9.17) is 9.47 Å². The number of carbonyl (C=O) groups is 2. The highest BCUT2D eigenvalue weighted by Crippen LogP contribution is 2.66. The Hall–Kier alpha value is -1.86. The van der Waals surface area contributed by atoms with Gasteiger partial charge in [0.1, 0.15) is 6.61 Å². The van der Waals surface area contributed by atoms with Crippen molar-refractivity contribution in [2.24, 2.45) is 34.5 Å². The fraction of sp³-hybridized carbons (Fsp3) is 0.806. The molecule has 0 aromatic heterocycles. The summed E-state index contributed by atoms with van der Waals surface area (Å²) in [4.78, 5) is 28.3. The van der Waals surface area contributed by atoms with Gasteiger partial charge in [-0.2, -0.15) is 0 Å². The van der Waals surface area contributed by atoms with Crippen molar-refractivity contribution in [3.63, 3.8) is 0 Å². The lowest BCUT2D eigenvalue weighted by Crippen LogP contribution is -2.54. The minimum absolute atomic E-state index is 0.155. The molecular weight excluding hydrogens is 480 g/mol. The molecule has 7 nitrogen and oxygen atoms in total. The van der Waals surface area contributed by atoms with Crippen LogP contribution in [0.2, 0.25) is 0 Å². The van der Waals surface area contributed by atoms with E-state index in [-0.39, 0.29) is 17.4 Å². The second-order valence-electron chi connectivity index (χ2n) is 13.4. The summed E-state index contributed by atoms with van der Waals surface area (Å²) >= 11 is 0. The molecule has 7 atom stereocenters. The molecule has 0 aromatic carbocycles. The Bertz CT molecular complexity index is 1000. The van der Waals surface area contributed by atoms with Gasteiger partial charge in [0.25, 0.3) is 0 Å². The second kappa shape index (κ2) is 10.3. The molecule has 6 rings (SSSR count). The molecule has 7 heteroatoms. The predicted octanol–water partition coefficient (Wildman–Crippen LogP) is 5.12. The fourth-order valence-electron chi connectivity index (χ4n) is 9.72. The lowest BCUT2D eigenvalue weighted by molar-refractivity contribution is -0.135. The van der Waals surface area contributed by atoms with Crippen molar-refractivity contribution in [3.05, 3.63) is 23.3 Å². The standard InChI is InChI=1S/C31H46N2O5/c1-30-10-8-23(33(29(35)36)13-3-12-32-14-16-37-17-15-32)19-22(30)4-5-24-26-7-6-25(21-18-28(34)38-20-21)31(26,2)11-9-27(24)30/h7,18,22-25,27H,3-6,8-17,19-20H2,1-2H3,(H,35,36)/t22-,23+,24+,25-,27+,30+,31-/m1/s1. The molecule has 1 amide bonds. The molecule has 0 spiro atoms. The SMILES string of the molecule is C[C@]12CC[C@H](N(CCCN3CCOCC3)C(=O)O)C[C@H]1CC[C@H]1C3=CC[C@H](C4=CC(=O)OC4)[C@@]3(C)CC[C@@H]12. The number of cyclic esters (lactones) is 1. The average molecular weight is 527 g/mol. The van der Waals surface area contributed by atoms with Gasteiger partial charge in [-0.3, -0.25) is 4.90 Å². The van der Waals surface area contributed by atoms with Gasteiger partial charge in [0.05, 0.1) is 13.2 Å². The maximum Gasteiger partial charge on any atom is 0.407 e. The monoisotopic (exact) mass is 526 g/mol. The Morgan fingerprint density at radius 2 is 1.97 bits per heavy atom. The molecule has 1 saturated heterocycles. The van der Waals surface area contributed by atoms with Crippen molar-refractivity contribution in [2.75, 3.05) is 46.0 Å². The van der Waals surface area contributed by atoms with Gasteiger partial charge >= 0.3 is 12.1 Å². The third kappa shape index (κ3) is 4.51. The minimum Gasteiger partial charge on any atom is -0.465 e. The lowest BCUT2D eigenvalue weighted by Gasteiger charge is -2.60. The highest BCUT2D eigenvalue weighted by molar-refractivity contribution is 5.85. The van der Waals surface area contributed by atoms with Gasteiger partial charge in [-0.1, -0.05) is 25.5 Å². The van der Waals surface area contributed by atoms with Crippen LogP contribution in [-0.2, 0) is 14.3 Å². The molecule has 0 unspecified atom stereocenters. The first-order chi connectivity index (χ1) is 18.3. The number of hydrogen-bond acceptors (Lipinski definition) is 5. The number of hydrogen-bond donors (Lipinski definition) is 1. The van der Waals surface area contributed by atoms with Gasteiger partial charge in [-0.05, 0) is 97.9 Å². The Kier molecular flexibility index (Phi) is 7.13. The number of rotatable bonds is 6. The molecule has 3 saturated carbocycles. The molecule has 4 fully saturated rings. The number of fused-ring (bicyclic) bond motifs is 5. The van der Waals surface area contributed by atoms with Crippen LogP contribution >= 0.6 is 0 Å². The quantitative estimate of drug-likeness (QED) is 0.382. The summed E-state index contributed by atoms with van der Waals surface area (Å²) in [5.41, 5.74) is 3.31. The van der Waals surface area contributed by atoms with Crippen LogP contribution in [0.5, 0.6) is 0 Å². The molecule has 38 heavy (non-hydrogen) atoms. The summed E-state index contributed by atoms with van der Waals surface area (Å²) in [6.45, 7) is 10.5. The maximum absolute atomic E-state index is 12.3. The number of carboxylic acid groups (broad SMARTS) is 1. The first kappa shape index (κ1) is 26.4. The van der Waals surface area contributed by atoms with E-state index in [0.29, 0.717) is 42.2 Å². The normalized spacial score (nSPS) is 40.9. The highest BCUT2D eigenvalue weighted by Gasteiger charge is 2.58. The molecular formula is C31H46N2O5. The largest absolute Gasteiger partial charge is 0.465 e. The molecule has 0 bridgehead atoms. The Labute approximate surface area is 227 Å². The summed E-state index contributed by atoms with van der Waals surface area (Å²) in [7, 11) is 0. The van der Waals surface area contributed by atoms with Crippen LogP contribution in [0.15, 0.2) is 23.3 Å². The van der Waals surface area contributed by atoms with E-state index in [0.717, 1.165) is 65.0 Å². The number of morpholine rings is 1. The molecule has 1 N–H and O–H groups in total. The molecule has 2 heterocycles. The van der Waals surface area contributed by atoms with Gasteiger partial charge < -0.3 is 19.5 Å². The third-order valence-electron chi connectivity index (χ3n) is 11.8. The number of esters is 1. The van der Waals surface area contributed by atoms with E-state index >= 15 is 0 Å². The molecule has 0 radical (unpaired) electrons. The third-order valence-corrected chi connectivity index (χ3v) is 11.8. The van der Waals surface area contributed by atoms with Gasteiger partial charge in [0.2, 0.25) is 0 Å². The van der Waals surface area contributed by atoms with Crippen molar-refractivity contribution in [1.29, 1.82) is 0 Å². The number of ether oxygens (including phenoxy) is 2. The summed E-state index contributed by atoms with van der Waals surface area (Å²) in [5.74, 6) is 2.17. The lowest BCUT2D eigenvalue weighted by atomic mass is 9.45. The molecule has 210 valence electrons. The van der Waals surface area contributed by atoms with Crippen molar-refractivity contribution in [2.45, 2.75) is 77.7 Å². The van der Waals surface area contributed by atoms with Crippen molar-refractivity contribution < 1.29 is 24.2 Å². The van der Waals surface area contributed by atoms with Crippen molar-refractivity contribution in [1.82, 2.24) is 9.80 Å². The van der Waals surface area contributed by atoms with E-state index in [1.807, 2.05) is 0 Å². The van der Waals surface area contributed by atoms with E-state index in [1.54, 1.807) is 16.5 Å². The van der Waals surface area contributed by atoms with Crippen LogP contribution in [0, 0.1) is 34.5 Å². The number of nitrogens with zero attached hydrogens (tertiary/aromatic N) is 2. The van der Waals surface area contributed by atoms with Crippen LogP contribution < -0.4 is 0 Å². The van der Waals surface area contributed by atoms with E-state index in [9.17, 15) is 14.7 Å². The second-order valence-corrected chi connectivity index (χ2v) is 13.4. The summed E-state index contributed by atoms with van der Waals surface area (Å²) < 4.78 is 10.7. The summed E-state index contributed by atoms with van der Waals surface area (Å²) in [5, 5.41) is 10.1. The van der Waals surface area contributed by atoms with E-state index < -0.39 is 6.09 Å². The number of carbonyl (C=O) groups excluding carboxylic acids is 1. The highest BCUT2D eigenvalue weighted by atomic mass is 16.5. The first-order valence-electron chi connectivity index (χ1n) is 15.2. The van der Waals surface area contributed by atoms with Crippen molar-refractivity contribution >= 4 is 12.1 Å². The van der Waals surface area contributed by atoms with E-state index in [1.165, 1.54) is 31.3 Å². The molecule has 6 aliphatic rings. The first-order valence-corrected chi connectivity index (χ1v) is 15.2. The molecule has 2 aliphatic heterocycles. The molecule has 0 aromatic rings. The van der Waals surface area contributed by atoms with Crippen LogP contribution in [0.25, 0.3) is 0 Å². The van der Waals surface area contributed by atoms with Gasteiger partial charge in [0.15, 0.2) is 0 Å². The van der Waals surface area contributed by atoms with E-state index in [2.05, 4.69) is 24.8 Å².